The third kappa shape index (κ3) is 5.23. The number of hydrogen-bond donors (Lipinski definition) is 2. The van der Waals surface area contributed by atoms with Crippen LogP contribution in [0.3, 0.4) is 0 Å². The Morgan fingerprint density at radius 1 is 1.53 bits per heavy atom. The van der Waals surface area contributed by atoms with Gasteiger partial charge in [-0.15, -0.1) is 0 Å². The molecule has 0 aromatic heterocycles. The van der Waals surface area contributed by atoms with E-state index in [1.165, 1.54) is 0 Å². The highest BCUT2D eigenvalue weighted by Crippen LogP contribution is 2.25. The van der Waals surface area contributed by atoms with Gasteiger partial charge in [0.1, 0.15) is 0 Å². The van der Waals surface area contributed by atoms with Gasteiger partial charge in [0.25, 0.3) is 0 Å². The van der Waals surface area contributed by atoms with E-state index in [-0.39, 0.29) is 0 Å². The van der Waals surface area contributed by atoms with Crippen molar-refractivity contribution in [2.75, 3.05) is 5.32 Å². The number of rotatable bonds is 4. The monoisotopic (exact) mass is 334 g/mol. The average molecular weight is 336 g/mol. The Hall–Kier alpha value is -0.320. The number of benzene rings is 1. The largest absolute Gasteiger partial charge is 0.360 e. The van der Waals surface area contributed by atoms with Gasteiger partial charge in [-0.2, -0.15) is 0 Å². The van der Waals surface area contributed by atoms with Gasteiger partial charge >= 0.3 is 0 Å². The molecule has 0 spiro atoms. The lowest BCUT2D eigenvalue weighted by molar-refractivity contribution is 0.599. The third-order valence-corrected chi connectivity index (χ3v) is 3.73. The van der Waals surface area contributed by atoms with Crippen LogP contribution in [0, 0.1) is 0 Å². The van der Waals surface area contributed by atoms with Crippen LogP contribution >= 0.6 is 39.7 Å². The van der Waals surface area contributed by atoms with E-state index in [0.29, 0.717) is 16.2 Å². The maximum absolute atomic E-state index is 6.00. The van der Waals surface area contributed by atoms with Crippen LogP contribution in [0.1, 0.15) is 26.7 Å². The van der Waals surface area contributed by atoms with Gasteiger partial charge in [-0.05, 0) is 59.7 Å². The number of thiocarbonyl (C=S) groups is 1. The highest BCUT2D eigenvalue weighted by molar-refractivity contribution is 9.10. The lowest BCUT2D eigenvalue weighted by Gasteiger charge is -2.16. The fourth-order valence-corrected chi connectivity index (χ4v) is 2.22. The first-order valence-corrected chi connectivity index (χ1v) is 7.13. The average Bonchev–Trinajstić information content (AvgIpc) is 2.23. The predicted octanol–water partition coefficient (Wildman–Crippen LogP) is 4.58. The molecule has 17 heavy (non-hydrogen) atoms. The molecular weight excluding hydrogens is 320 g/mol. The number of nitrogens with one attached hydrogen (secondary N) is 2. The number of hydrogen-bond acceptors (Lipinski definition) is 1. The normalized spacial score (nSPS) is 12.0. The second-order valence-electron chi connectivity index (χ2n) is 3.92. The summed E-state index contributed by atoms with van der Waals surface area (Å²) in [4.78, 5) is 0. The molecule has 0 amide bonds. The van der Waals surface area contributed by atoms with Crippen molar-refractivity contribution in [1.82, 2.24) is 5.32 Å². The van der Waals surface area contributed by atoms with Crippen LogP contribution < -0.4 is 10.6 Å². The summed E-state index contributed by atoms with van der Waals surface area (Å²) < 4.78 is 0.878. The Balaban J connectivity index is 2.53. The molecule has 1 aromatic rings. The van der Waals surface area contributed by atoms with Crippen LogP contribution in [0.2, 0.25) is 5.02 Å². The van der Waals surface area contributed by atoms with Gasteiger partial charge < -0.3 is 10.6 Å². The Morgan fingerprint density at radius 3 is 2.82 bits per heavy atom. The highest BCUT2D eigenvalue weighted by Gasteiger charge is 2.04. The van der Waals surface area contributed by atoms with E-state index in [9.17, 15) is 0 Å². The van der Waals surface area contributed by atoms with E-state index in [4.69, 9.17) is 23.8 Å². The number of halogens is 2. The highest BCUT2D eigenvalue weighted by atomic mass is 79.9. The summed E-state index contributed by atoms with van der Waals surface area (Å²) in [5.41, 5.74) is 0.888. The van der Waals surface area contributed by atoms with Crippen molar-refractivity contribution in [3.05, 3.63) is 27.7 Å². The molecule has 2 N–H and O–H groups in total. The molecule has 0 aliphatic rings. The fraction of sp³-hybridized carbons (Fsp3) is 0.417. The molecule has 0 unspecified atom stereocenters. The van der Waals surface area contributed by atoms with E-state index < -0.39 is 0 Å². The molecule has 0 bridgehead atoms. The van der Waals surface area contributed by atoms with Gasteiger partial charge in [0, 0.05) is 16.2 Å². The second kappa shape index (κ2) is 7.19. The molecule has 2 nitrogen and oxygen atoms in total. The summed E-state index contributed by atoms with van der Waals surface area (Å²) in [6.45, 7) is 4.27. The van der Waals surface area contributed by atoms with Gasteiger partial charge in [0.15, 0.2) is 5.11 Å². The summed E-state index contributed by atoms with van der Waals surface area (Å²) in [7, 11) is 0. The Labute approximate surface area is 121 Å². The zero-order valence-electron chi connectivity index (χ0n) is 9.89. The van der Waals surface area contributed by atoms with E-state index in [2.05, 4.69) is 40.4 Å². The van der Waals surface area contributed by atoms with E-state index in [0.717, 1.165) is 23.0 Å². The molecule has 0 saturated heterocycles. The van der Waals surface area contributed by atoms with E-state index in [1.807, 2.05) is 18.2 Å². The van der Waals surface area contributed by atoms with Gasteiger partial charge in [-0.1, -0.05) is 24.9 Å². The summed E-state index contributed by atoms with van der Waals surface area (Å²) in [6.07, 6.45) is 2.24. The van der Waals surface area contributed by atoms with Crippen LogP contribution in [0.15, 0.2) is 22.7 Å². The van der Waals surface area contributed by atoms with Crippen molar-refractivity contribution in [3.8, 4) is 0 Å². The maximum atomic E-state index is 6.00. The van der Waals surface area contributed by atoms with Crippen molar-refractivity contribution in [2.45, 2.75) is 32.7 Å². The molecule has 0 heterocycles. The molecule has 1 atom stereocenters. The fourth-order valence-electron chi connectivity index (χ4n) is 1.47. The van der Waals surface area contributed by atoms with Gasteiger partial charge in [0.2, 0.25) is 0 Å². The molecule has 1 aromatic carbocycles. The standard InChI is InChI=1S/C12H16BrClN2S/c1-3-4-8(2)15-12(17)16-9-5-6-10(13)11(14)7-9/h5-8H,3-4H2,1-2H3,(H2,15,16,17)/t8-/m1/s1. The Kier molecular flexibility index (Phi) is 6.23. The summed E-state index contributed by atoms with van der Waals surface area (Å²) >= 11 is 14.6. The quantitative estimate of drug-likeness (QED) is 0.788. The third-order valence-electron chi connectivity index (χ3n) is 2.28. The van der Waals surface area contributed by atoms with Crippen molar-refractivity contribution >= 4 is 50.5 Å². The molecular formula is C12H16BrClN2S. The molecule has 0 aliphatic heterocycles. The van der Waals surface area contributed by atoms with Crippen molar-refractivity contribution in [3.63, 3.8) is 0 Å². The van der Waals surface area contributed by atoms with E-state index >= 15 is 0 Å². The molecule has 0 fully saturated rings. The molecule has 1 rings (SSSR count). The van der Waals surface area contributed by atoms with Crippen LogP contribution in [0.4, 0.5) is 5.69 Å². The Bertz CT molecular complexity index is 398. The van der Waals surface area contributed by atoms with Gasteiger partial charge in [0.05, 0.1) is 5.02 Å². The summed E-state index contributed by atoms with van der Waals surface area (Å²) in [5.74, 6) is 0. The van der Waals surface area contributed by atoms with Crippen LogP contribution in [0.5, 0.6) is 0 Å². The number of anilines is 1. The minimum absolute atomic E-state index is 0.380. The second-order valence-corrected chi connectivity index (χ2v) is 5.59. The maximum Gasteiger partial charge on any atom is 0.170 e. The molecule has 0 saturated carbocycles. The molecule has 5 heteroatoms. The van der Waals surface area contributed by atoms with Gasteiger partial charge in [-0.25, -0.2) is 0 Å². The lowest BCUT2D eigenvalue weighted by Crippen LogP contribution is -2.35. The minimum Gasteiger partial charge on any atom is -0.360 e. The minimum atomic E-state index is 0.380. The molecule has 0 aliphatic carbocycles. The molecule has 94 valence electrons. The first-order chi connectivity index (χ1) is 8.02. The zero-order chi connectivity index (χ0) is 12.8. The van der Waals surface area contributed by atoms with Gasteiger partial charge in [-0.3, -0.25) is 0 Å². The van der Waals surface area contributed by atoms with Crippen LogP contribution in [-0.2, 0) is 0 Å². The van der Waals surface area contributed by atoms with Crippen LogP contribution in [-0.4, -0.2) is 11.2 Å². The Morgan fingerprint density at radius 2 is 2.24 bits per heavy atom. The molecule has 0 radical (unpaired) electrons. The van der Waals surface area contributed by atoms with Crippen molar-refractivity contribution in [2.24, 2.45) is 0 Å². The topological polar surface area (TPSA) is 24.1 Å². The SMILES string of the molecule is CCC[C@@H](C)NC(=S)Nc1ccc(Br)c(Cl)c1. The van der Waals surface area contributed by atoms with Crippen LogP contribution in [0.25, 0.3) is 0 Å². The van der Waals surface area contributed by atoms with Crippen molar-refractivity contribution in [1.29, 1.82) is 0 Å². The summed E-state index contributed by atoms with van der Waals surface area (Å²) in [6, 6.07) is 6.03. The summed E-state index contributed by atoms with van der Waals surface area (Å²) in [5, 5.41) is 7.64. The smallest absolute Gasteiger partial charge is 0.170 e. The van der Waals surface area contributed by atoms with Crippen molar-refractivity contribution < 1.29 is 0 Å². The zero-order valence-corrected chi connectivity index (χ0v) is 13.0. The van der Waals surface area contributed by atoms with E-state index in [1.54, 1.807) is 0 Å². The first-order valence-electron chi connectivity index (χ1n) is 5.55. The predicted molar refractivity (Wildman–Crippen MR) is 82.9 cm³/mol. The lowest BCUT2D eigenvalue weighted by atomic mass is 10.2. The first kappa shape index (κ1) is 14.7.